The molecule has 8 aromatic carbocycles. The lowest BCUT2D eigenvalue weighted by atomic mass is 9.33. The minimum atomic E-state index is 0.0775. The third-order valence-corrected chi connectivity index (χ3v) is 11.7. The normalized spacial score (nSPS) is 13.5. The zero-order chi connectivity index (χ0) is 36.3. The first-order valence-electron chi connectivity index (χ1n) is 19.4. The zero-order valence-corrected chi connectivity index (χ0v) is 30.5. The summed E-state index contributed by atoms with van der Waals surface area (Å²) in [5, 5.41) is 0. The smallest absolute Gasteiger partial charge is 0.252 e. The van der Waals surface area contributed by atoms with Crippen molar-refractivity contribution in [2.24, 2.45) is 0 Å². The first-order valence-corrected chi connectivity index (χ1v) is 19.4. The number of anilines is 8. The van der Waals surface area contributed by atoms with Crippen LogP contribution < -0.4 is 31.1 Å². The molecule has 0 spiro atoms. The van der Waals surface area contributed by atoms with Gasteiger partial charge >= 0.3 is 0 Å². The Labute approximate surface area is 323 Å². The maximum absolute atomic E-state index is 2.67. The Morgan fingerprint density at radius 2 is 1.04 bits per heavy atom. The van der Waals surface area contributed by atoms with E-state index in [4.69, 9.17) is 0 Å². The average Bonchev–Trinajstić information content (AvgIpc) is 3.26. The molecule has 8 aromatic rings. The largest absolute Gasteiger partial charge is 0.342 e. The van der Waals surface area contributed by atoms with Crippen LogP contribution in [0.15, 0.2) is 194 Å². The molecule has 0 N–H and O–H groups in total. The molecule has 260 valence electrons. The molecular weight excluding hydrogens is 665 g/mol. The molecule has 0 amide bonds. The molecule has 55 heavy (non-hydrogen) atoms. The van der Waals surface area contributed by atoms with E-state index in [9.17, 15) is 0 Å². The molecule has 3 aliphatic rings. The van der Waals surface area contributed by atoms with Crippen LogP contribution in [0.5, 0.6) is 0 Å². The monoisotopic (exact) mass is 703 g/mol. The van der Waals surface area contributed by atoms with Gasteiger partial charge in [0.05, 0.1) is 5.69 Å². The molecule has 4 heteroatoms. The first kappa shape index (κ1) is 31.7. The second-order valence-electron chi connectivity index (χ2n) is 14.8. The van der Waals surface area contributed by atoms with Crippen LogP contribution in [0.1, 0.15) is 12.0 Å². The Bertz CT molecular complexity index is 2640. The van der Waals surface area contributed by atoms with E-state index < -0.39 is 0 Å². The van der Waals surface area contributed by atoms with Crippen molar-refractivity contribution in [2.75, 3.05) is 21.2 Å². The van der Waals surface area contributed by atoms with Gasteiger partial charge in [0.15, 0.2) is 0 Å². The number of nitrogens with zero attached hydrogens (tertiary/aromatic N) is 3. The number of para-hydroxylation sites is 3. The Morgan fingerprint density at radius 3 is 1.71 bits per heavy atom. The molecule has 3 aliphatic heterocycles. The van der Waals surface area contributed by atoms with Crippen LogP contribution in [0.25, 0.3) is 22.3 Å². The summed E-state index contributed by atoms with van der Waals surface area (Å²) in [5.74, 6) is 0. The number of benzene rings is 8. The van der Waals surface area contributed by atoms with Crippen molar-refractivity contribution >= 4 is 68.6 Å². The van der Waals surface area contributed by atoms with Crippen molar-refractivity contribution in [1.29, 1.82) is 0 Å². The molecule has 0 atom stereocenters. The van der Waals surface area contributed by atoms with Crippen molar-refractivity contribution in [2.45, 2.75) is 12.8 Å². The summed E-state index contributed by atoms with van der Waals surface area (Å²) in [5.41, 5.74) is 20.4. The Balaban J connectivity index is 1.24. The third kappa shape index (κ3) is 5.13. The van der Waals surface area contributed by atoms with E-state index >= 15 is 0 Å². The summed E-state index contributed by atoms with van der Waals surface area (Å²) in [7, 11) is 0. The van der Waals surface area contributed by atoms with Gasteiger partial charge in [-0.1, -0.05) is 140 Å². The highest BCUT2D eigenvalue weighted by atomic mass is 15.2. The number of rotatable bonds is 6. The summed E-state index contributed by atoms with van der Waals surface area (Å²) in [6.45, 7) is 1.05. The second kappa shape index (κ2) is 13.0. The van der Waals surface area contributed by atoms with Gasteiger partial charge in [-0.25, -0.2) is 0 Å². The summed E-state index contributed by atoms with van der Waals surface area (Å²) in [6.07, 6.45) is 2.16. The van der Waals surface area contributed by atoms with Crippen molar-refractivity contribution in [3.05, 3.63) is 200 Å². The van der Waals surface area contributed by atoms with Gasteiger partial charge in [0.25, 0.3) is 6.71 Å². The number of hydrogen-bond donors (Lipinski definition) is 0. The van der Waals surface area contributed by atoms with Crippen LogP contribution in [-0.2, 0) is 6.42 Å². The van der Waals surface area contributed by atoms with Crippen LogP contribution in [0.4, 0.5) is 45.5 Å². The minimum absolute atomic E-state index is 0.0775. The Morgan fingerprint density at radius 1 is 0.455 bits per heavy atom. The summed E-state index contributed by atoms with van der Waals surface area (Å²) >= 11 is 0. The predicted molar refractivity (Wildman–Crippen MR) is 233 cm³/mol. The van der Waals surface area contributed by atoms with E-state index in [1.165, 1.54) is 67.0 Å². The fourth-order valence-corrected chi connectivity index (χ4v) is 9.41. The van der Waals surface area contributed by atoms with Crippen molar-refractivity contribution < 1.29 is 0 Å². The van der Waals surface area contributed by atoms with Gasteiger partial charge in [-0.2, -0.15) is 0 Å². The zero-order valence-electron chi connectivity index (χ0n) is 30.5. The van der Waals surface area contributed by atoms with Gasteiger partial charge in [-0.05, 0) is 112 Å². The van der Waals surface area contributed by atoms with Crippen molar-refractivity contribution in [3.63, 3.8) is 0 Å². The second-order valence-corrected chi connectivity index (χ2v) is 14.8. The Hall–Kier alpha value is -6.78. The fourth-order valence-electron chi connectivity index (χ4n) is 9.41. The van der Waals surface area contributed by atoms with Gasteiger partial charge in [0.2, 0.25) is 0 Å². The maximum Gasteiger partial charge on any atom is 0.252 e. The molecule has 0 saturated carbocycles. The minimum Gasteiger partial charge on any atom is -0.342 e. The van der Waals surface area contributed by atoms with Gasteiger partial charge in [-0.3, -0.25) is 0 Å². The van der Waals surface area contributed by atoms with Crippen LogP contribution in [0.3, 0.4) is 0 Å². The van der Waals surface area contributed by atoms with Crippen molar-refractivity contribution in [3.8, 4) is 22.3 Å². The van der Waals surface area contributed by atoms with Gasteiger partial charge in [0, 0.05) is 46.4 Å². The lowest BCUT2D eigenvalue weighted by molar-refractivity contribution is 0.770. The molecule has 0 aliphatic carbocycles. The highest BCUT2D eigenvalue weighted by molar-refractivity contribution is 7.00. The quantitative estimate of drug-likeness (QED) is 0.160. The molecule has 0 saturated heterocycles. The molecule has 0 fully saturated rings. The number of fused-ring (bicyclic) bond motifs is 4. The van der Waals surface area contributed by atoms with E-state index in [1.54, 1.807) is 0 Å². The lowest BCUT2D eigenvalue weighted by Gasteiger charge is -2.47. The summed E-state index contributed by atoms with van der Waals surface area (Å²) in [6, 6.07) is 71.3. The van der Waals surface area contributed by atoms with Gasteiger partial charge in [-0.15, -0.1) is 0 Å². The molecule has 3 heterocycles. The van der Waals surface area contributed by atoms with Crippen LogP contribution in [0, 0.1) is 0 Å². The molecule has 0 aromatic heterocycles. The first-order chi connectivity index (χ1) is 27.3. The van der Waals surface area contributed by atoms with E-state index in [0.29, 0.717) is 0 Å². The van der Waals surface area contributed by atoms with Crippen LogP contribution in [-0.4, -0.2) is 13.3 Å². The van der Waals surface area contributed by atoms with Gasteiger partial charge < -0.3 is 14.7 Å². The summed E-state index contributed by atoms with van der Waals surface area (Å²) < 4.78 is 0. The fraction of sp³-hybridized carbons (Fsp3) is 0.0588. The molecule has 3 nitrogen and oxygen atoms in total. The average molecular weight is 704 g/mol. The van der Waals surface area contributed by atoms with E-state index in [0.717, 1.165) is 42.1 Å². The highest BCUT2D eigenvalue weighted by Crippen LogP contribution is 2.49. The maximum atomic E-state index is 2.67. The topological polar surface area (TPSA) is 9.72 Å². The molecule has 0 bridgehead atoms. The van der Waals surface area contributed by atoms with Crippen molar-refractivity contribution in [1.82, 2.24) is 0 Å². The van der Waals surface area contributed by atoms with E-state index in [2.05, 4.69) is 209 Å². The molecule has 0 radical (unpaired) electrons. The van der Waals surface area contributed by atoms with Crippen LogP contribution in [0.2, 0.25) is 0 Å². The van der Waals surface area contributed by atoms with Crippen LogP contribution >= 0.6 is 0 Å². The summed E-state index contributed by atoms with van der Waals surface area (Å²) in [4.78, 5) is 7.62. The van der Waals surface area contributed by atoms with Gasteiger partial charge in [0.1, 0.15) is 0 Å². The van der Waals surface area contributed by atoms with E-state index in [-0.39, 0.29) is 6.71 Å². The lowest BCUT2D eigenvalue weighted by Crippen LogP contribution is -2.62. The number of hydrogen-bond acceptors (Lipinski definition) is 3. The molecule has 0 unspecified atom stereocenters. The Kier molecular flexibility index (Phi) is 7.48. The SMILES string of the molecule is c1ccc(-c2ccc3c(c2)N(c2ccccc2)c2cc(N(c4ccccc4)c4ccccc4)cc4c2B3c2ccc(-c3ccccc3)c3c2N4CCC3)cc1. The predicted octanol–water partition coefficient (Wildman–Crippen LogP) is 11.2. The molecular formula is C51H38BN3. The standard InChI is InChI=1S/C51H38BN3/c1-6-17-36(18-7-1)38-28-30-45-47(33-38)55(41-25-14-5-15-26-41)49-35-42(54(39-21-10-3-11-22-39)40-23-12-4-13-24-40)34-48-50(49)52(45)46-31-29-43(37-19-8-2-9-20-37)44-27-16-32-53(48)51(44)46/h1-15,17-26,28-31,33-35H,16,27,32H2. The third-order valence-electron chi connectivity index (χ3n) is 11.7. The van der Waals surface area contributed by atoms with E-state index in [1.807, 2.05) is 0 Å². The molecule has 11 rings (SSSR count). The highest BCUT2D eigenvalue weighted by Gasteiger charge is 2.45.